The first-order valence-corrected chi connectivity index (χ1v) is 29.2. The molecule has 394 valence electrons. The van der Waals surface area contributed by atoms with Crippen molar-refractivity contribution >= 4 is 5.91 Å². The first-order valence-electron chi connectivity index (χ1n) is 29.2. The van der Waals surface area contributed by atoms with Crippen LogP contribution in [0.2, 0.25) is 0 Å². The van der Waals surface area contributed by atoms with Gasteiger partial charge in [-0.2, -0.15) is 0 Å². The number of unbranched alkanes of at least 4 members (excludes halogenated alkanes) is 27. The van der Waals surface area contributed by atoms with Crippen molar-refractivity contribution in [2.75, 3.05) is 6.61 Å². The number of nitrogens with one attached hydrogen (secondary N) is 1. The van der Waals surface area contributed by atoms with E-state index in [0.717, 1.165) is 83.5 Å². The number of carbonyl (C=O) groups excluding carboxylic acids is 1. The van der Waals surface area contributed by atoms with Gasteiger partial charge in [0.25, 0.3) is 0 Å². The number of hydrogen-bond acceptors (Lipinski definition) is 3. The van der Waals surface area contributed by atoms with Crippen LogP contribution in [0, 0.1) is 0 Å². The molecule has 0 aliphatic carbocycles. The molecule has 0 radical (unpaired) electrons. The monoisotopic (exact) mass is 954 g/mol. The number of aliphatic hydroxyl groups is 2. The predicted octanol–water partition coefficient (Wildman–Crippen LogP) is 19.6. The summed E-state index contributed by atoms with van der Waals surface area (Å²) in [6.45, 7) is 4.19. The van der Waals surface area contributed by atoms with Gasteiger partial charge in [-0.3, -0.25) is 4.79 Å². The topological polar surface area (TPSA) is 69.6 Å². The lowest BCUT2D eigenvalue weighted by atomic mass is 10.0. The summed E-state index contributed by atoms with van der Waals surface area (Å²) in [6, 6.07) is -0.646. The number of rotatable bonds is 52. The number of amides is 1. The van der Waals surface area contributed by atoms with Crippen LogP contribution in [0.5, 0.6) is 0 Å². The summed E-state index contributed by atoms with van der Waals surface area (Å²) in [5.74, 6) is -0.0774. The van der Waals surface area contributed by atoms with Crippen molar-refractivity contribution in [2.45, 2.75) is 276 Å². The zero-order valence-electron chi connectivity index (χ0n) is 45.3. The lowest BCUT2D eigenvalue weighted by molar-refractivity contribution is -0.123. The highest BCUT2D eigenvalue weighted by Crippen LogP contribution is 2.15. The van der Waals surface area contributed by atoms with Gasteiger partial charge in [0.1, 0.15) is 0 Å². The Morgan fingerprint density at radius 1 is 0.362 bits per heavy atom. The van der Waals surface area contributed by atoms with E-state index in [2.05, 4.69) is 129 Å². The zero-order valence-corrected chi connectivity index (χ0v) is 45.3. The molecule has 0 aromatic carbocycles. The molecule has 4 heteroatoms. The predicted molar refractivity (Wildman–Crippen MR) is 308 cm³/mol. The Morgan fingerprint density at radius 3 is 1.01 bits per heavy atom. The molecule has 2 unspecified atom stereocenters. The molecule has 0 rings (SSSR count). The number of allylic oxidation sites excluding steroid dienone is 19. The molecule has 0 spiro atoms. The van der Waals surface area contributed by atoms with Crippen molar-refractivity contribution in [3.8, 4) is 0 Å². The maximum atomic E-state index is 12.5. The highest BCUT2D eigenvalue weighted by molar-refractivity contribution is 5.76. The Kier molecular flexibility index (Phi) is 56.4. The van der Waals surface area contributed by atoms with Crippen molar-refractivity contribution in [1.82, 2.24) is 5.32 Å². The maximum absolute atomic E-state index is 12.5. The van der Waals surface area contributed by atoms with Gasteiger partial charge in [0.05, 0.1) is 18.8 Å². The smallest absolute Gasteiger partial charge is 0.220 e. The molecule has 0 heterocycles. The summed E-state index contributed by atoms with van der Waals surface area (Å²) in [4.78, 5) is 12.5. The minimum Gasteiger partial charge on any atom is -0.394 e. The number of hydrogen-bond donors (Lipinski definition) is 3. The highest BCUT2D eigenvalue weighted by atomic mass is 16.3. The van der Waals surface area contributed by atoms with Gasteiger partial charge in [0.15, 0.2) is 0 Å². The van der Waals surface area contributed by atoms with Gasteiger partial charge in [-0.1, -0.05) is 283 Å². The third-order valence-electron chi connectivity index (χ3n) is 12.7. The maximum Gasteiger partial charge on any atom is 0.220 e. The van der Waals surface area contributed by atoms with Crippen LogP contribution in [0.3, 0.4) is 0 Å². The van der Waals surface area contributed by atoms with E-state index in [0.29, 0.717) is 6.42 Å². The van der Waals surface area contributed by atoms with E-state index in [1.165, 1.54) is 161 Å². The van der Waals surface area contributed by atoms with Crippen LogP contribution in [-0.2, 0) is 4.79 Å². The van der Waals surface area contributed by atoms with E-state index in [-0.39, 0.29) is 12.5 Å². The Morgan fingerprint density at radius 2 is 0.652 bits per heavy atom. The SMILES string of the molecule is CC/C=C\C/C=C\C/C=C\C/C=C\C/C=C\C/C=C\C/C=C\C/C=C\CCCCCCCCCCCCCCCCC(=O)NC(CO)C(O)/C=C/CC/C=C/CCCCCCCCCCCCCC. The Bertz CT molecular complexity index is 1360. The first-order chi connectivity index (χ1) is 34.2. The molecule has 4 nitrogen and oxygen atoms in total. The van der Waals surface area contributed by atoms with Gasteiger partial charge in [-0.05, 0) is 96.3 Å². The summed E-state index contributed by atoms with van der Waals surface area (Å²) in [7, 11) is 0. The van der Waals surface area contributed by atoms with Crippen molar-refractivity contribution < 1.29 is 15.0 Å². The first kappa shape index (κ1) is 65.8. The average molecular weight is 955 g/mol. The molecule has 0 saturated heterocycles. The van der Waals surface area contributed by atoms with Crippen molar-refractivity contribution in [2.24, 2.45) is 0 Å². The van der Waals surface area contributed by atoms with Crippen LogP contribution in [0.15, 0.2) is 122 Å². The quantitative estimate of drug-likeness (QED) is 0.0420. The summed E-state index contributed by atoms with van der Waals surface area (Å²) in [5, 5.41) is 23.1. The molecule has 0 saturated carbocycles. The molecule has 2 atom stereocenters. The average Bonchev–Trinajstić information content (AvgIpc) is 3.35. The fraction of sp³-hybridized carbons (Fsp3) is 0.677. The van der Waals surface area contributed by atoms with Crippen LogP contribution in [0.4, 0.5) is 0 Å². The number of carbonyl (C=O) groups is 1. The van der Waals surface area contributed by atoms with Crippen LogP contribution >= 0.6 is 0 Å². The molecule has 69 heavy (non-hydrogen) atoms. The van der Waals surface area contributed by atoms with Gasteiger partial charge in [0, 0.05) is 6.42 Å². The molecular formula is C65H111NO3. The summed E-state index contributed by atoms with van der Waals surface area (Å²) in [5.41, 5.74) is 0. The van der Waals surface area contributed by atoms with Gasteiger partial charge in [0.2, 0.25) is 5.91 Å². The van der Waals surface area contributed by atoms with Crippen LogP contribution in [0.1, 0.15) is 264 Å². The highest BCUT2D eigenvalue weighted by Gasteiger charge is 2.18. The van der Waals surface area contributed by atoms with E-state index in [9.17, 15) is 15.0 Å². The van der Waals surface area contributed by atoms with Gasteiger partial charge >= 0.3 is 0 Å². The lowest BCUT2D eigenvalue weighted by Crippen LogP contribution is -2.45. The molecule has 0 aliphatic rings. The lowest BCUT2D eigenvalue weighted by Gasteiger charge is -2.19. The van der Waals surface area contributed by atoms with Crippen LogP contribution in [0.25, 0.3) is 0 Å². The molecule has 0 aliphatic heterocycles. The van der Waals surface area contributed by atoms with Crippen molar-refractivity contribution in [3.05, 3.63) is 122 Å². The fourth-order valence-electron chi connectivity index (χ4n) is 8.27. The molecular weight excluding hydrogens is 843 g/mol. The van der Waals surface area contributed by atoms with Crippen molar-refractivity contribution in [3.63, 3.8) is 0 Å². The molecule has 0 bridgehead atoms. The normalized spacial score (nSPS) is 13.7. The second-order valence-electron chi connectivity index (χ2n) is 19.3. The van der Waals surface area contributed by atoms with E-state index in [1.54, 1.807) is 6.08 Å². The Hall–Kier alpha value is -3.21. The Labute approximate surface area is 428 Å². The van der Waals surface area contributed by atoms with Crippen LogP contribution < -0.4 is 5.32 Å². The minimum atomic E-state index is -0.869. The standard InChI is InChI=1S/C65H111NO3/c1-3-5-7-9-11-13-15-17-19-21-23-24-25-26-27-28-29-30-31-32-33-34-35-36-37-38-39-40-41-42-43-45-47-49-51-53-55-57-59-61-65(69)66-63(62-67)64(68)60-58-56-54-52-50-48-46-44-22-20-18-16-14-12-10-8-6-4-2/h5,7,11,13,17,19,23-24,26-27,29-30,32-33,35-36,50,52,58,60,63-64,67-68H,3-4,6,8-10,12,14-16,18,20-22,25,28,31,34,37-49,51,53-57,59,61-62H2,1-2H3,(H,66,69)/b7-5-,13-11-,19-17-,24-23-,27-26-,30-29-,33-32-,36-35-,52-50+,60-58+. The van der Waals surface area contributed by atoms with E-state index in [1.807, 2.05) is 6.08 Å². The molecule has 0 aromatic heterocycles. The van der Waals surface area contributed by atoms with Gasteiger partial charge in [-0.15, -0.1) is 0 Å². The zero-order chi connectivity index (χ0) is 49.9. The second-order valence-corrected chi connectivity index (χ2v) is 19.3. The number of aliphatic hydroxyl groups excluding tert-OH is 2. The van der Waals surface area contributed by atoms with Crippen molar-refractivity contribution in [1.29, 1.82) is 0 Å². The largest absolute Gasteiger partial charge is 0.394 e. The second kappa shape index (κ2) is 59.1. The molecule has 1 amide bonds. The minimum absolute atomic E-state index is 0.0774. The van der Waals surface area contributed by atoms with Crippen LogP contribution in [-0.4, -0.2) is 34.9 Å². The van der Waals surface area contributed by atoms with E-state index in [4.69, 9.17) is 0 Å². The fourth-order valence-corrected chi connectivity index (χ4v) is 8.27. The molecule has 0 fully saturated rings. The third kappa shape index (κ3) is 55.6. The summed E-state index contributed by atoms with van der Waals surface area (Å²) < 4.78 is 0. The van der Waals surface area contributed by atoms with Gasteiger partial charge < -0.3 is 15.5 Å². The molecule has 0 aromatic rings. The Balaban J connectivity index is 3.57. The van der Waals surface area contributed by atoms with E-state index < -0.39 is 12.1 Å². The summed E-state index contributed by atoms with van der Waals surface area (Å²) >= 11 is 0. The third-order valence-corrected chi connectivity index (χ3v) is 12.7. The molecule has 3 N–H and O–H groups in total. The van der Waals surface area contributed by atoms with Gasteiger partial charge in [-0.25, -0.2) is 0 Å². The summed E-state index contributed by atoms with van der Waals surface area (Å²) in [6.07, 6.45) is 90.8. The van der Waals surface area contributed by atoms with E-state index >= 15 is 0 Å².